The summed E-state index contributed by atoms with van der Waals surface area (Å²) in [5, 5.41) is 6.89. The quantitative estimate of drug-likeness (QED) is 0.487. The highest BCUT2D eigenvalue weighted by Crippen LogP contribution is 2.46. The fraction of sp³-hybridized carbons (Fsp3) is 0.400. The number of carbonyl (C=O) groups excluding carboxylic acids is 1. The molecule has 196 valence electrons. The molecule has 12 heteroatoms. The van der Waals surface area contributed by atoms with Crippen LogP contribution < -0.4 is 15.7 Å². The molecule has 1 amide bonds. The van der Waals surface area contributed by atoms with Crippen LogP contribution in [0.4, 0.5) is 22.0 Å². The summed E-state index contributed by atoms with van der Waals surface area (Å²) in [6.07, 6.45) is -4.02. The molecule has 1 fully saturated rings. The Balaban J connectivity index is 1.54. The van der Waals surface area contributed by atoms with E-state index in [-0.39, 0.29) is 0 Å². The molecule has 2 aromatic carbocycles. The van der Waals surface area contributed by atoms with Crippen LogP contribution in [-0.4, -0.2) is 32.5 Å². The number of benzene rings is 2. The number of alkyl halides is 3. The summed E-state index contributed by atoms with van der Waals surface area (Å²) in [6, 6.07) is 7.11. The van der Waals surface area contributed by atoms with Crippen molar-refractivity contribution in [3.05, 3.63) is 75.5 Å². The molecular formula is C25H23F5N4O3. The SMILES string of the molecule is C[C@H](Oc1cc(-n2nc3n(c2=O)CCCC3)c(F)cc1C(=O)NC1(c2ccc(F)cc2)CC1)C(F)(F)F. The van der Waals surface area contributed by atoms with Crippen LogP contribution in [0.1, 0.15) is 54.4 Å². The lowest BCUT2D eigenvalue weighted by molar-refractivity contribution is -0.189. The van der Waals surface area contributed by atoms with Crippen LogP contribution in [0.5, 0.6) is 5.75 Å². The maximum atomic E-state index is 15.3. The van der Waals surface area contributed by atoms with Gasteiger partial charge in [0, 0.05) is 19.0 Å². The van der Waals surface area contributed by atoms with Gasteiger partial charge in [-0.25, -0.2) is 13.6 Å². The molecule has 1 aliphatic carbocycles. The van der Waals surface area contributed by atoms with E-state index in [1.54, 1.807) is 0 Å². The summed E-state index contributed by atoms with van der Waals surface area (Å²) in [5.74, 6) is -2.46. The first-order chi connectivity index (χ1) is 17.5. The topological polar surface area (TPSA) is 78.2 Å². The summed E-state index contributed by atoms with van der Waals surface area (Å²) in [7, 11) is 0. The second-order valence-corrected chi connectivity index (χ2v) is 9.36. The van der Waals surface area contributed by atoms with Crippen LogP contribution in [0, 0.1) is 11.6 Å². The van der Waals surface area contributed by atoms with Crippen LogP contribution >= 0.6 is 0 Å². The van der Waals surface area contributed by atoms with Gasteiger partial charge < -0.3 is 10.1 Å². The Morgan fingerprint density at radius 2 is 1.84 bits per heavy atom. The van der Waals surface area contributed by atoms with E-state index in [1.807, 2.05) is 0 Å². The van der Waals surface area contributed by atoms with Crippen molar-refractivity contribution in [2.24, 2.45) is 0 Å². The number of aryl methyl sites for hydroxylation is 1. The highest BCUT2D eigenvalue weighted by molar-refractivity contribution is 5.98. The van der Waals surface area contributed by atoms with Crippen molar-refractivity contribution in [2.45, 2.75) is 63.4 Å². The van der Waals surface area contributed by atoms with Gasteiger partial charge in [0.05, 0.1) is 11.1 Å². The van der Waals surface area contributed by atoms with Crippen molar-refractivity contribution in [2.75, 3.05) is 0 Å². The molecule has 7 nitrogen and oxygen atoms in total. The molecule has 0 radical (unpaired) electrons. The van der Waals surface area contributed by atoms with E-state index in [0.29, 0.717) is 37.2 Å². The van der Waals surface area contributed by atoms with Crippen molar-refractivity contribution in [1.29, 1.82) is 0 Å². The largest absolute Gasteiger partial charge is 0.480 e. The molecule has 2 aliphatic rings. The molecule has 0 bridgehead atoms. The Kier molecular flexibility index (Phi) is 6.07. The maximum absolute atomic E-state index is 15.3. The molecule has 0 unspecified atom stereocenters. The molecule has 0 saturated heterocycles. The van der Waals surface area contributed by atoms with Crippen molar-refractivity contribution in [3.8, 4) is 11.4 Å². The molecule has 3 aromatic rings. The third kappa shape index (κ3) is 4.72. The summed E-state index contributed by atoms with van der Waals surface area (Å²) in [6.45, 7) is 1.16. The molecule has 2 heterocycles. The van der Waals surface area contributed by atoms with Crippen molar-refractivity contribution in [1.82, 2.24) is 19.7 Å². The average Bonchev–Trinajstić information content (AvgIpc) is 3.55. The van der Waals surface area contributed by atoms with Gasteiger partial charge in [-0.2, -0.15) is 17.9 Å². The number of hydrogen-bond acceptors (Lipinski definition) is 4. The van der Waals surface area contributed by atoms with Gasteiger partial charge in [0.1, 0.15) is 28.9 Å². The van der Waals surface area contributed by atoms with Crippen LogP contribution in [0.15, 0.2) is 41.2 Å². The van der Waals surface area contributed by atoms with Crippen molar-refractivity contribution >= 4 is 5.91 Å². The van der Waals surface area contributed by atoms with Gasteiger partial charge in [-0.15, -0.1) is 5.10 Å². The minimum atomic E-state index is -4.77. The Bertz CT molecular complexity index is 1410. The van der Waals surface area contributed by atoms with E-state index in [9.17, 15) is 27.2 Å². The second-order valence-electron chi connectivity index (χ2n) is 9.36. The third-order valence-corrected chi connectivity index (χ3v) is 6.76. The first kappa shape index (κ1) is 25.0. The standard InChI is InChI=1S/C25H23F5N4O3/c1-14(25(28,29)30)37-20-13-19(34-23(36)33-11-3-2-4-21(33)32-34)18(27)12-17(20)22(35)31-24(9-10-24)15-5-7-16(26)8-6-15/h5-8,12-14H,2-4,9-11H2,1H3,(H,31,35)/t14-/m0/s1. The molecule has 37 heavy (non-hydrogen) atoms. The van der Waals surface area contributed by atoms with E-state index in [2.05, 4.69) is 10.4 Å². The lowest BCUT2D eigenvalue weighted by atomic mass is 10.0. The van der Waals surface area contributed by atoms with Crippen LogP contribution in [0.3, 0.4) is 0 Å². The van der Waals surface area contributed by atoms with Gasteiger partial charge in [-0.1, -0.05) is 12.1 Å². The fourth-order valence-corrected chi connectivity index (χ4v) is 4.46. The zero-order valence-electron chi connectivity index (χ0n) is 19.7. The predicted molar refractivity (Wildman–Crippen MR) is 122 cm³/mol. The molecular weight excluding hydrogens is 499 g/mol. The van der Waals surface area contributed by atoms with E-state index >= 15 is 4.39 Å². The minimum Gasteiger partial charge on any atom is -0.480 e. The zero-order chi connectivity index (χ0) is 26.5. The normalized spacial score (nSPS) is 17.1. The number of nitrogens with zero attached hydrogens (tertiary/aromatic N) is 3. The number of amides is 1. The van der Waals surface area contributed by atoms with Crippen molar-refractivity contribution in [3.63, 3.8) is 0 Å². The summed E-state index contributed by atoms with van der Waals surface area (Å²) < 4.78 is 75.9. The molecule has 0 spiro atoms. The first-order valence-electron chi connectivity index (χ1n) is 11.8. The van der Waals surface area contributed by atoms with Crippen LogP contribution in [0.25, 0.3) is 5.69 Å². The molecule has 1 aliphatic heterocycles. The van der Waals surface area contributed by atoms with E-state index in [1.165, 1.54) is 28.8 Å². The van der Waals surface area contributed by atoms with Gasteiger partial charge in [0.15, 0.2) is 6.10 Å². The van der Waals surface area contributed by atoms with Crippen LogP contribution in [-0.2, 0) is 18.5 Å². The van der Waals surface area contributed by atoms with Gasteiger partial charge in [-0.05, 0) is 56.4 Å². The van der Waals surface area contributed by atoms with Crippen LogP contribution in [0.2, 0.25) is 0 Å². The number of rotatable bonds is 6. The molecule has 1 N–H and O–H groups in total. The van der Waals surface area contributed by atoms with E-state index in [4.69, 9.17) is 4.74 Å². The third-order valence-electron chi connectivity index (χ3n) is 6.76. The number of ether oxygens (including phenoxy) is 1. The Labute approximate surface area is 207 Å². The lowest BCUT2D eigenvalue weighted by Gasteiger charge is -2.22. The minimum absolute atomic E-state index is 0.399. The number of hydrogen-bond donors (Lipinski definition) is 1. The molecule has 5 rings (SSSR count). The molecule has 1 atom stereocenters. The van der Waals surface area contributed by atoms with E-state index in [0.717, 1.165) is 36.6 Å². The van der Waals surface area contributed by atoms with Gasteiger partial charge >= 0.3 is 11.9 Å². The number of nitrogens with one attached hydrogen (secondary N) is 1. The van der Waals surface area contributed by atoms with Gasteiger partial charge in [0.25, 0.3) is 5.91 Å². The molecule has 1 aromatic heterocycles. The lowest BCUT2D eigenvalue weighted by Crippen LogP contribution is -2.36. The van der Waals surface area contributed by atoms with E-state index < -0.39 is 58.1 Å². The Hall–Kier alpha value is -3.70. The van der Waals surface area contributed by atoms with Gasteiger partial charge in [-0.3, -0.25) is 9.36 Å². The monoisotopic (exact) mass is 522 g/mol. The number of aromatic nitrogens is 3. The highest BCUT2D eigenvalue weighted by atomic mass is 19.4. The zero-order valence-corrected chi connectivity index (χ0v) is 19.7. The number of fused-ring (bicyclic) bond motifs is 1. The van der Waals surface area contributed by atoms with Gasteiger partial charge in [0.2, 0.25) is 0 Å². The summed E-state index contributed by atoms with van der Waals surface area (Å²) in [4.78, 5) is 26.0. The summed E-state index contributed by atoms with van der Waals surface area (Å²) in [5.41, 5.74) is -1.77. The Morgan fingerprint density at radius 3 is 2.46 bits per heavy atom. The fourth-order valence-electron chi connectivity index (χ4n) is 4.46. The molecule has 1 saturated carbocycles. The second kappa shape index (κ2) is 9.00. The Morgan fingerprint density at radius 1 is 1.14 bits per heavy atom. The van der Waals surface area contributed by atoms with Crippen molar-refractivity contribution < 1.29 is 31.5 Å². The smallest absolute Gasteiger partial charge is 0.425 e. The summed E-state index contributed by atoms with van der Waals surface area (Å²) >= 11 is 0. The number of halogens is 5. The predicted octanol–water partition coefficient (Wildman–Crippen LogP) is 4.40. The highest BCUT2D eigenvalue weighted by Gasteiger charge is 2.46. The number of carbonyl (C=O) groups is 1. The average molecular weight is 522 g/mol. The maximum Gasteiger partial charge on any atom is 0.425 e. The first-order valence-corrected chi connectivity index (χ1v) is 11.8.